The zero-order valence-electron chi connectivity index (χ0n) is 12.8. The van der Waals surface area contributed by atoms with Crippen molar-refractivity contribution < 1.29 is 4.79 Å². The van der Waals surface area contributed by atoms with Gasteiger partial charge in [0.2, 0.25) is 0 Å². The van der Waals surface area contributed by atoms with Gasteiger partial charge in [-0.15, -0.1) is 0 Å². The fourth-order valence-corrected chi connectivity index (χ4v) is 3.29. The number of thiazole rings is 1. The lowest BCUT2D eigenvalue weighted by Crippen LogP contribution is -2.13. The molecule has 0 bridgehead atoms. The molecule has 0 saturated heterocycles. The van der Waals surface area contributed by atoms with Crippen LogP contribution in [0.25, 0.3) is 16.0 Å². The van der Waals surface area contributed by atoms with Crippen molar-refractivity contribution >= 4 is 32.6 Å². The van der Waals surface area contributed by atoms with E-state index in [1.165, 1.54) is 11.3 Å². The van der Waals surface area contributed by atoms with Crippen molar-refractivity contribution in [2.24, 2.45) is 0 Å². The molecule has 0 unspecified atom stereocenters. The Kier molecular flexibility index (Phi) is 3.55. The molecule has 118 valence electrons. The topological polar surface area (TPSA) is 72.7 Å². The number of anilines is 1. The molecule has 3 heterocycles. The van der Waals surface area contributed by atoms with Crippen molar-refractivity contribution in [1.82, 2.24) is 19.7 Å². The Labute approximate surface area is 141 Å². The maximum absolute atomic E-state index is 12.5. The highest BCUT2D eigenvalue weighted by Gasteiger charge is 2.17. The average Bonchev–Trinajstić information content (AvgIpc) is 3.18. The normalized spacial score (nSPS) is 10.9. The van der Waals surface area contributed by atoms with E-state index in [4.69, 9.17) is 0 Å². The first kappa shape index (κ1) is 14.5. The average molecular weight is 335 g/mol. The van der Waals surface area contributed by atoms with Crippen LogP contribution in [0.15, 0.2) is 54.9 Å². The third-order valence-corrected chi connectivity index (χ3v) is 4.59. The van der Waals surface area contributed by atoms with Gasteiger partial charge in [-0.1, -0.05) is 29.5 Å². The molecule has 4 rings (SSSR count). The van der Waals surface area contributed by atoms with Gasteiger partial charge < -0.3 is 0 Å². The van der Waals surface area contributed by atoms with Crippen LogP contribution < -0.4 is 5.32 Å². The molecule has 0 spiro atoms. The Morgan fingerprint density at radius 1 is 1.17 bits per heavy atom. The van der Waals surface area contributed by atoms with E-state index in [1.54, 1.807) is 17.1 Å². The molecule has 0 saturated carbocycles. The number of benzene rings is 1. The first-order valence-electron chi connectivity index (χ1n) is 7.35. The summed E-state index contributed by atoms with van der Waals surface area (Å²) in [6.07, 6.45) is 3.24. The zero-order chi connectivity index (χ0) is 16.5. The van der Waals surface area contributed by atoms with Crippen LogP contribution in [-0.2, 0) is 0 Å². The second kappa shape index (κ2) is 5.86. The van der Waals surface area contributed by atoms with Gasteiger partial charge in [-0.2, -0.15) is 5.10 Å². The Morgan fingerprint density at radius 3 is 2.79 bits per heavy atom. The molecular formula is C17H13N5OS. The van der Waals surface area contributed by atoms with E-state index >= 15 is 0 Å². The second-order valence-electron chi connectivity index (χ2n) is 5.18. The molecule has 7 heteroatoms. The highest BCUT2D eigenvalue weighted by molar-refractivity contribution is 7.22. The minimum Gasteiger partial charge on any atom is -0.298 e. The van der Waals surface area contributed by atoms with Crippen molar-refractivity contribution in [1.29, 1.82) is 0 Å². The van der Waals surface area contributed by atoms with E-state index in [1.807, 2.05) is 49.4 Å². The van der Waals surface area contributed by atoms with Crippen molar-refractivity contribution in [3.8, 4) is 5.82 Å². The van der Waals surface area contributed by atoms with Crippen molar-refractivity contribution in [2.45, 2.75) is 6.92 Å². The molecule has 1 aromatic carbocycles. The molecule has 1 N–H and O–H groups in total. The van der Waals surface area contributed by atoms with E-state index in [2.05, 4.69) is 20.4 Å². The standard InChI is InChI=1S/C17H13N5OS/c1-11-12(10-19-22(11)15-8-4-5-9-18-15)16(23)21-17-20-13-6-2-3-7-14(13)24-17/h2-10H,1H3,(H,20,21,23). The van der Waals surface area contributed by atoms with Crippen LogP contribution in [0.2, 0.25) is 0 Å². The molecule has 0 radical (unpaired) electrons. The largest absolute Gasteiger partial charge is 0.298 e. The van der Waals surface area contributed by atoms with E-state index in [-0.39, 0.29) is 5.91 Å². The molecule has 6 nitrogen and oxygen atoms in total. The van der Waals surface area contributed by atoms with E-state index in [0.717, 1.165) is 15.9 Å². The summed E-state index contributed by atoms with van der Waals surface area (Å²) >= 11 is 1.45. The number of para-hydroxylation sites is 1. The fraction of sp³-hybridized carbons (Fsp3) is 0.0588. The zero-order valence-corrected chi connectivity index (χ0v) is 13.6. The number of hydrogen-bond donors (Lipinski definition) is 1. The lowest BCUT2D eigenvalue weighted by atomic mass is 10.2. The van der Waals surface area contributed by atoms with Crippen LogP contribution in [0.1, 0.15) is 16.1 Å². The Balaban J connectivity index is 1.62. The van der Waals surface area contributed by atoms with E-state index in [0.29, 0.717) is 16.5 Å². The van der Waals surface area contributed by atoms with Gasteiger partial charge in [-0.3, -0.25) is 10.1 Å². The van der Waals surface area contributed by atoms with Crippen molar-refractivity contribution in [2.75, 3.05) is 5.32 Å². The second-order valence-corrected chi connectivity index (χ2v) is 6.21. The van der Waals surface area contributed by atoms with E-state index in [9.17, 15) is 4.79 Å². The minimum atomic E-state index is -0.228. The number of nitrogens with zero attached hydrogens (tertiary/aromatic N) is 4. The molecular weight excluding hydrogens is 322 g/mol. The summed E-state index contributed by atoms with van der Waals surface area (Å²) in [6.45, 7) is 1.84. The molecule has 0 fully saturated rings. The van der Waals surface area contributed by atoms with Crippen molar-refractivity contribution in [3.05, 3.63) is 66.1 Å². The van der Waals surface area contributed by atoms with Gasteiger partial charge >= 0.3 is 0 Å². The van der Waals surface area contributed by atoms with Gasteiger partial charge in [0.05, 0.1) is 27.7 Å². The van der Waals surface area contributed by atoms with Crippen LogP contribution in [0.3, 0.4) is 0 Å². The SMILES string of the molecule is Cc1c(C(=O)Nc2nc3ccccc3s2)cnn1-c1ccccn1. The molecule has 0 aliphatic rings. The Morgan fingerprint density at radius 2 is 2.00 bits per heavy atom. The molecule has 0 aliphatic heterocycles. The number of rotatable bonds is 3. The van der Waals surface area contributed by atoms with Gasteiger partial charge in [-0.25, -0.2) is 14.6 Å². The quantitative estimate of drug-likeness (QED) is 0.622. The number of aromatic nitrogens is 4. The third kappa shape index (κ3) is 2.55. The molecule has 4 aromatic rings. The summed E-state index contributed by atoms with van der Waals surface area (Å²) < 4.78 is 2.68. The van der Waals surface area contributed by atoms with Gasteiger partial charge in [0.15, 0.2) is 10.9 Å². The number of carbonyl (C=O) groups excluding carboxylic acids is 1. The Bertz CT molecular complexity index is 989. The minimum absolute atomic E-state index is 0.228. The summed E-state index contributed by atoms with van der Waals surface area (Å²) in [5, 5.41) is 7.69. The van der Waals surface area contributed by atoms with Crippen LogP contribution in [0, 0.1) is 6.92 Å². The van der Waals surface area contributed by atoms with Gasteiger partial charge in [0.1, 0.15) is 0 Å². The highest BCUT2D eigenvalue weighted by atomic mass is 32.1. The van der Waals surface area contributed by atoms with Gasteiger partial charge in [0.25, 0.3) is 5.91 Å². The smallest absolute Gasteiger partial charge is 0.260 e. The summed E-state index contributed by atoms with van der Waals surface area (Å²) in [7, 11) is 0. The first-order valence-corrected chi connectivity index (χ1v) is 8.17. The van der Waals surface area contributed by atoms with Crippen molar-refractivity contribution in [3.63, 3.8) is 0 Å². The van der Waals surface area contributed by atoms with Crippen LogP contribution in [0.4, 0.5) is 5.13 Å². The number of amides is 1. The van der Waals surface area contributed by atoms with Crippen LogP contribution in [0.5, 0.6) is 0 Å². The molecule has 24 heavy (non-hydrogen) atoms. The number of hydrogen-bond acceptors (Lipinski definition) is 5. The fourth-order valence-electron chi connectivity index (χ4n) is 2.43. The highest BCUT2D eigenvalue weighted by Crippen LogP contribution is 2.26. The van der Waals surface area contributed by atoms with Gasteiger partial charge in [0, 0.05) is 6.20 Å². The molecule has 0 aliphatic carbocycles. The number of pyridine rings is 1. The summed E-state index contributed by atoms with van der Waals surface area (Å²) in [5.74, 6) is 0.447. The maximum Gasteiger partial charge on any atom is 0.260 e. The lowest BCUT2D eigenvalue weighted by molar-refractivity contribution is 0.102. The predicted octanol–water partition coefficient (Wildman–Crippen LogP) is 3.44. The predicted molar refractivity (Wildman–Crippen MR) is 93.7 cm³/mol. The number of nitrogens with one attached hydrogen (secondary N) is 1. The Hall–Kier alpha value is -3.06. The third-order valence-electron chi connectivity index (χ3n) is 3.64. The maximum atomic E-state index is 12.5. The molecule has 0 atom stereocenters. The van der Waals surface area contributed by atoms with Gasteiger partial charge in [-0.05, 0) is 31.2 Å². The molecule has 1 amide bonds. The summed E-state index contributed by atoms with van der Waals surface area (Å²) in [4.78, 5) is 21.2. The summed E-state index contributed by atoms with van der Waals surface area (Å²) in [6, 6.07) is 13.3. The monoisotopic (exact) mass is 335 g/mol. The van der Waals surface area contributed by atoms with Crippen LogP contribution in [-0.4, -0.2) is 25.7 Å². The molecule has 3 aromatic heterocycles. The lowest BCUT2D eigenvalue weighted by Gasteiger charge is -2.04. The number of fused-ring (bicyclic) bond motifs is 1. The first-order chi connectivity index (χ1) is 11.7. The van der Waals surface area contributed by atoms with Crippen LogP contribution >= 0.6 is 11.3 Å². The number of carbonyl (C=O) groups is 1. The summed E-state index contributed by atoms with van der Waals surface area (Å²) in [5.41, 5.74) is 2.10. The van der Waals surface area contributed by atoms with E-state index < -0.39 is 0 Å².